The van der Waals surface area contributed by atoms with E-state index in [-0.39, 0.29) is 11.9 Å². The number of aromatic nitrogens is 2. The lowest BCUT2D eigenvalue weighted by molar-refractivity contribution is -0.144. The van der Waals surface area contributed by atoms with Gasteiger partial charge in [0.25, 0.3) is 5.91 Å². The Balaban J connectivity index is 1.19. The highest BCUT2D eigenvalue weighted by molar-refractivity contribution is 5.92. The van der Waals surface area contributed by atoms with Gasteiger partial charge in [0.15, 0.2) is 0 Å². The molecule has 1 aromatic rings. The van der Waals surface area contributed by atoms with E-state index in [0.29, 0.717) is 62.1 Å². The summed E-state index contributed by atoms with van der Waals surface area (Å²) in [5.41, 5.74) is 0.340. The smallest absolute Gasteiger partial charge is 0.320 e. The highest BCUT2D eigenvalue weighted by atomic mass is 16.2. The van der Waals surface area contributed by atoms with E-state index >= 15 is 0 Å². The van der Waals surface area contributed by atoms with Gasteiger partial charge in [-0.3, -0.25) is 14.6 Å². The minimum Gasteiger partial charge on any atom is -0.339 e. The fourth-order valence-electron chi connectivity index (χ4n) is 5.64. The van der Waals surface area contributed by atoms with Crippen LogP contribution in [0.25, 0.3) is 0 Å². The summed E-state index contributed by atoms with van der Waals surface area (Å²) in [4.78, 5) is 53.8. The van der Waals surface area contributed by atoms with Crippen molar-refractivity contribution in [2.24, 2.45) is 11.8 Å². The van der Waals surface area contributed by atoms with E-state index in [1.165, 1.54) is 12.4 Å². The Morgan fingerprint density at radius 1 is 0.967 bits per heavy atom. The van der Waals surface area contributed by atoms with Crippen LogP contribution in [-0.4, -0.2) is 99.3 Å². The minimum atomic E-state index is -0.134. The summed E-state index contributed by atoms with van der Waals surface area (Å²) >= 11 is 0. The Kier molecular flexibility index (Phi) is 5.04. The SMILES string of the molecule is O=C(c1cnccn1)N1CCN(C(=O)N2CC3CC(C2)[C@H]2CCCC(=O)N2C3)CC1. The molecule has 2 unspecified atom stereocenters. The van der Waals surface area contributed by atoms with Gasteiger partial charge in [-0.05, 0) is 31.1 Å². The number of carbonyl (C=O) groups is 3. The quantitative estimate of drug-likeness (QED) is 0.677. The molecule has 4 aliphatic heterocycles. The van der Waals surface area contributed by atoms with Gasteiger partial charge in [-0.1, -0.05) is 0 Å². The van der Waals surface area contributed by atoms with E-state index in [2.05, 4.69) is 14.9 Å². The first-order chi connectivity index (χ1) is 14.6. The molecule has 4 fully saturated rings. The molecule has 0 N–H and O–H groups in total. The first-order valence-corrected chi connectivity index (χ1v) is 11.0. The van der Waals surface area contributed by atoms with Gasteiger partial charge in [-0.25, -0.2) is 9.78 Å². The first-order valence-electron chi connectivity index (χ1n) is 11.0. The van der Waals surface area contributed by atoms with Gasteiger partial charge in [0.1, 0.15) is 5.69 Å². The Morgan fingerprint density at radius 2 is 1.77 bits per heavy atom. The number of likely N-dealkylation sites (tertiary alicyclic amines) is 1. The lowest BCUT2D eigenvalue weighted by Gasteiger charge is -2.53. The van der Waals surface area contributed by atoms with E-state index in [0.717, 1.165) is 38.9 Å². The second-order valence-electron chi connectivity index (χ2n) is 8.92. The maximum atomic E-state index is 13.2. The molecule has 0 aromatic carbocycles. The summed E-state index contributed by atoms with van der Waals surface area (Å²) in [6.07, 6.45) is 8.37. The van der Waals surface area contributed by atoms with Crippen molar-refractivity contribution in [1.82, 2.24) is 29.6 Å². The van der Waals surface area contributed by atoms with E-state index in [4.69, 9.17) is 0 Å². The van der Waals surface area contributed by atoms with Crippen molar-refractivity contribution in [1.29, 1.82) is 0 Å². The second-order valence-corrected chi connectivity index (χ2v) is 8.92. The van der Waals surface area contributed by atoms with Gasteiger partial charge in [0.2, 0.25) is 5.91 Å². The molecule has 3 atom stereocenters. The number of piperazine rings is 1. The van der Waals surface area contributed by atoms with Crippen LogP contribution in [0.3, 0.4) is 0 Å². The highest BCUT2D eigenvalue weighted by Gasteiger charge is 2.45. The van der Waals surface area contributed by atoms with Crippen molar-refractivity contribution in [2.75, 3.05) is 45.8 Å². The Hall–Kier alpha value is -2.71. The predicted molar refractivity (Wildman–Crippen MR) is 107 cm³/mol. The lowest BCUT2D eigenvalue weighted by atomic mass is 9.76. The van der Waals surface area contributed by atoms with Crippen LogP contribution in [0, 0.1) is 11.8 Å². The molecule has 2 bridgehead atoms. The van der Waals surface area contributed by atoms with Crippen LogP contribution in [-0.2, 0) is 4.79 Å². The molecule has 160 valence electrons. The third-order valence-corrected chi connectivity index (χ3v) is 7.07. The van der Waals surface area contributed by atoms with Gasteiger partial charge in [-0.15, -0.1) is 0 Å². The Bertz CT molecular complexity index is 825. The molecule has 4 aliphatic rings. The number of hydrogen-bond donors (Lipinski definition) is 0. The molecule has 0 aliphatic carbocycles. The molecule has 4 amide bonds. The first kappa shape index (κ1) is 19.3. The number of urea groups is 1. The van der Waals surface area contributed by atoms with Gasteiger partial charge < -0.3 is 19.6 Å². The summed E-state index contributed by atoms with van der Waals surface area (Å²) in [5.74, 6) is 0.935. The van der Waals surface area contributed by atoms with Crippen LogP contribution >= 0.6 is 0 Å². The monoisotopic (exact) mass is 412 g/mol. The van der Waals surface area contributed by atoms with Gasteiger partial charge >= 0.3 is 6.03 Å². The lowest BCUT2D eigenvalue weighted by Crippen LogP contribution is -2.63. The molecule has 0 saturated carbocycles. The number of fused-ring (bicyclic) bond motifs is 4. The number of amides is 4. The van der Waals surface area contributed by atoms with Crippen LogP contribution in [0.5, 0.6) is 0 Å². The van der Waals surface area contributed by atoms with Gasteiger partial charge in [0, 0.05) is 70.7 Å². The van der Waals surface area contributed by atoms with Crippen LogP contribution < -0.4 is 0 Å². The minimum absolute atomic E-state index is 0.0758. The van der Waals surface area contributed by atoms with Crippen LogP contribution in [0.15, 0.2) is 18.6 Å². The molecule has 5 rings (SSSR count). The van der Waals surface area contributed by atoms with Crippen LogP contribution in [0.2, 0.25) is 0 Å². The van der Waals surface area contributed by atoms with E-state index in [1.807, 2.05) is 9.80 Å². The fraction of sp³-hybridized carbons (Fsp3) is 0.667. The van der Waals surface area contributed by atoms with E-state index in [1.54, 1.807) is 11.1 Å². The van der Waals surface area contributed by atoms with Gasteiger partial charge in [0.05, 0.1) is 6.20 Å². The zero-order valence-electron chi connectivity index (χ0n) is 17.2. The van der Waals surface area contributed by atoms with Crippen molar-refractivity contribution >= 4 is 17.8 Å². The summed E-state index contributed by atoms with van der Waals surface area (Å²) in [5, 5.41) is 0. The second kappa shape index (κ2) is 7.85. The number of nitrogens with zero attached hydrogens (tertiary/aromatic N) is 6. The standard InChI is InChI=1S/C21H28N6O3/c28-19-3-1-2-18-16-10-15(13-27(18)19)12-26(14-16)21(30)25-8-6-24(7-9-25)20(29)17-11-22-4-5-23-17/h4-5,11,15-16,18H,1-3,6-10,12-14H2/t15?,16?,18-/m1/s1. The number of carbonyl (C=O) groups excluding carboxylic acids is 3. The molecule has 9 nitrogen and oxygen atoms in total. The van der Waals surface area contributed by atoms with Crippen molar-refractivity contribution in [2.45, 2.75) is 31.7 Å². The summed E-state index contributed by atoms with van der Waals surface area (Å²) in [6.45, 7) is 4.34. The van der Waals surface area contributed by atoms with Crippen LogP contribution in [0.4, 0.5) is 4.79 Å². The molecule has 9 heteroatoms. The largest absolute Gasteiger partial charge is 0.339 e. The normalized spacial score (nSPS) is 28.9. The zero-order valence-corrected chi connectivity index (χ0v) is 17.2. The third kappa shape index (κ3) is 3.50. The maximum absolute atomic E-state index is 13.2. The van der Waals surface area contributed by atoms with Gasteiger partial charge in [-0.2, -0.15) is 0 Å². The van der Waals surface area contributed by atoms with E-state index in [9.17, 15) is 14.4 Å². The van der Waals surface area contributed by atoms with Crippen molar-refractivity contribution in [3.8, 4) is 0 Å². The number of piperidine rings is 3. The van der Waals surface area contributed by atoms with Crippen molar-refractivity contribution in [3.63, 3.8) is 0 Å². The third-order valence-electron chi connectivity index (χ3n) is 7.07. The van der Waals surface area contributed by atoms with E-state index < -0.39 is 0 Å². The number of rotatable bonds is 1. The summed E-state index contributed by atoms with van der Waals surface area (Å²) < 4.78 is 0. The van der Waals surface area contributed by atoms with Crippen molar-refractivity contribution in [3.05, 3.63) is 24.3 Å². The van der Waals surface area contributed by atoms with Crippen LogP contribution in [0.1, 0.15) is 36.2 Å². The topological polar surface area (TPSA) is 90.0 Å². The molecule has 1 aromatic heterocycles. The van der Waals surface area contributed by atoms with Crippen molar-refractivity contribution < 1.29 is 14.4 Å². The Morgan fingerprint density at radius 3 is 2.53 bits per heavy atom. The summed E-state index contributed by atoms with van der Waals surface area (Å²) in [7, 11) is 0. The zero-order chi connectivity index (χ0) is 20.7. The molecule has 0 spiro atoms. The average Bonchev–Trinajstić information content (AvgIpc) is 2.79. The summed E-state index contributed by atoms with van der Waals surface area (Å²) in [6, 6.07) is 0.381. The number of hydrogen-bond acceptors (Lipinski definition) is 5. The maximum Gasteiger partial charge on any atom is 0.320 e. The average molecular weight is 412 g/mol. The molecular formula is C21H28N6O3. The molecule has 5 heterocycles. The predicted octanol–water partition coefficient (Wildman–Crippen LogP) is 0.687. The molecular weight excluding hydrogens is 384 g/mol. The molecule has 0 radical (unpaired) electrons. The molecule has 4 saturated heterocycles. The fourth-order valence-corrected chi connectivity index (χ4v) is 5.64. The Labute approximate surface area is 176 Å². The molecule has 30 heavy (non-hydrogen) atoms. The highest BCUT2D eigenvalue weighted by Crippen LogP contribution is 2.38.